The van der Waals surface area contributed by atoms with Gasteiger partial charge in [-0.3, -0.25) is 9.48 Å². The Bertz CT molecular complexity index is 1800. The maximum Gasteiger partial charge on any atom is 0.255 e. The number of pyridine rings is 2. The molecule has 4 aromatic heterocycles. The summed E-state index contributed by atoms with van der Waals surface area (Å²) in [6.07, 6.45) is 10.8. The van der Waals surface area contributed by atoms with Crippen LogP contribution in [-0.2, 0) is 7.05 Å². The van der Waals surface area contributed by atoms with E-state index in [2.05, 4.69) is 26.5 Å². The summed E-state index contributed by atoms with van der Waals surface area (Å²) in [5.74, 6) is 0.736. The number of carbonyl (C=O) groups excluding carboxylic acids is 1. The highest BCUT2D eigenvalue weighted by Crippen LogP contribution is 2.33. The molecule has 11 heteroatoms. The summed E-state index contributed by atoms with van der Waals surface area (Å²) in [4.78, 5) is 19.4. The van der Waals surface area contributed by atoms with E-state index in [1.54, 1.807) is 39.8 Å². The Hall–Kier alpha value is -5.21. The summed E-state index contributed by atoms with van der Waals surface area (Å²) in [6.45, 7) is 1.77. The zero-order valence-electron chi connectivity index (χ0n) is 23.8. The molecule has 5 heterocycles. The maximum atomic E-state index is 12.3. The Balaban J connectivity index is 1.09. The Kier molecular flexibility index (Phi) is 7.77. The van der Waals surface area contributed by atoms with Gasteiger partial charge in [-0.25, -0.2) is 9.50 Å². The fraction of sp³-hybridized carbons (Fsp3) is 0.281. The highest BCUT2D eigenvalue weighted by molar-refractivity contribution is 5.96. The van der Waals surface area contributed by atoms with E-state index in [1.165, 1.54) is 6.07 Å². The first-order chi connectivity index (χ1) is 20.9. The van der Waals surface area contributed by atoms with Crippen molar-refractivity contribution in [1.82, 2.24) is 29.7 Å². The molecule has 1 fully saturated rings. The third-order valence-corrected chi connectivity index (χ3v) is 8.02. The van der Waals surface area contributed by atoms with Crippen LogP contribution in [0.5, 0.6) is 5.75 Å². The number of phenolic OH excluding ortho intramolecular Hbond substituents is 1. The van der Waals surface area contributed by atoms with E-state index in [0.29, 0.717) is 17.9 Å². The number of piperidine rings is 1. The number of hydrogen-bond acceptors (Lipinski definition) is 8. The van der Waals surface area contributed by atoms with Crippen LogP contribution < -0.4 is 10.2 Å². The lowest BCUT2D eigenvalue weighted by molar-refractivity contribution is 0.0886. The number of benzene rings is 1. The minimum absolute atomic E-state index is 0.0798. The maximum absolute atomic E-state index is 12.3. The number of nitrogens with zero attached hydrogens (tertiary/aromatic N) is 7. The molecule has 5 aromatic rings. The third-order valence-electron chi connectivity index (χ3n) is 8.02. The van der Waals surface area contributed by atoms with Gasteiger partial charge >= 0.3 is 0 Å². The number of aliphatic hydroxyl groups excluding tert-OH is 1. The van der Waals surface area contributed by atoms with Gasteiger partial charge in [0.15, 0.2) is 0 Å². The number of amides is 1. The van der Waals surface area contributed by atoms with Gasteiger partial charge in [-0.05, 0) is 55.5 Å². The van der Waals surface area contributed by atoms with Gasteiger partial charge in [0, 0.05) is 67.5 Å². The van der Waals surface area contributed by atoms with Crippen LogP contribution in [0.1, 0.15) is 35.2 Å². The van der Waals surface area contributed by atoms with Crippen molar-refractivity contribution in [2.75, 3.05) is 24.5 Å². The van der Waals surface area contributed by atoms with Crippen LogP contribution in [0.3, 0.4) is 0 Å². The number of carbonyl (C=O) groups is 1. The Morgan fingerprint density at radius 2 is 1.88 bits per heavy atom. The minimum Gasteiger partial charge on any atom is -0.507 e. The number of aromatic nitrogens is 5. The fourth-order valence-electron chi connectivity index (χ4n) is 5.72. The van der Waals surface area contributed by atoms with E-state index < -0.39 is 12.0 Å². The largest absolute Gasteiger partial charge is 0.507 e. The van der Waals surface area contributed by atoms with Gasteiger partial charge in [-0.15, -0.1) is 0 Å². The number of phenols is 1. The third kappa shape index (κ3) is 5.91. The van der Waals surface area contributed by atoms with E-state index in [-0.39, 0.29) is 17.9 Å². The monoisotopic (exact) mass is 576 g/mol. The number of nitriles is 1. The molecule has 43 heavy (non-hydrogen) atoms. The minimum atomic E-state index is -0.662. The van der Waals surface area contributed by atoms with Gasteiger partial charge in [0.2, 0.25) is 0 Å². The van der Waals surface area contributed by atoms with E-state index in [1.807, 2.05) is 43.8 Å². The van der Waals surface area contributed by atoms with Crippen LogP contribution in [0.15, 0.2) is 73.4 Å². The molecule has 0 unspecified atom stereocenters. The van der Waals surface area contributed by atoms with E-state index >= 15 is 0 Å². The predicted octanol–water partition coefficient (Wildman–Crippen LogP) is 3.77. The van der Waals surface area contributed by atoms with Crippen molar-refractivity contribution in [3.8, 4) is 34.1 Å². The Labute approximate surface area is 248 Å². The number of aromatic hydroxyl groups is 1. The van der Waals surface area contributed by atoms with E-state index in [9.17, 15) is 20.3 Å². The van der Waals surface area contributed by atoms with Gasteiger partial charge in [-0.1, -0.05) is 12.1 Å². The second-order valence-corrected chi connectivity index (χ2v) is 11.0. The average molecular weight is 577 g/mol. The number of rotatable bonds is 8. The van der Waals surface area contributed by atoms with Gasteiger partial charge in [0.05, 0.1) is 35.1 Å². The van der Waals surface area contributed by atoms with E-state index in [0.717, 1.165) is 59.5 Å². The van der Waals surface area contributed by atoms with E-state index in [4.69, 9.17) is 4.98 Å². The molecule has 0 bridgehead atoms. The van der Waals surface area contributed by atoms with Crippen molar-refractivity contribution in [3.63, 3.8) is 0 Å². The topological polar surface area (TPSA) is 145 Å². The molecular formula is C32H32N8O3. The molecule has 6 rings (SSSR count). The quantitative estimate of drug-likeness (QED) is 0.253. The lowest BCUT2D eigenvalue weighted by atomic mass is 9.91. The van der Waals surface area contributed by atoms with Crippen molar-refractivity contribution in [1.29, 1.82) is 5.26 Å². The molecule has 0 spiro atoms. The number of anilines is 1. The molecule has 1 aliphatic heterocycles. The lowest BCUT2D eigenvalue weighted by Crippen LogP contribution is -2.37. The van der Waals surface area contributed by atoms with Crippen molar-refractivity contribution in [3.05, 3.63) is 84.6 Å². The van der Waals surface area contributed by atoms with Crippen LogP contribution >= 0.6 is 0 Å². The zero-order chi connectivity index (χ0) is 29.9. The molecule has 11 nitrogen and oxygen atoms in total. The summed E-state index contributed by atoms with van der Waals surface area (Å²) >= 11 is 0. The molecule has 1 amide bonds. The standard InChI is InChI=1S/C32H32N8O3/c1-38-19-25(17-36-38)23-13-28(31-24(14-33)16-37-40(31)20-23)22-6-7-30(34-15-22)39-10-8-21(9-11-39)12-26(41)18-35-32(43)27-4-2-3-5-29(27)42/h2-7,13,15-17,19-21,26,41-42H,8-12,18H2,1H3,(H,35,43)/t26-/m1/s1. The SMILES string of the molecule is Cn1cc(-c2cc(-c3ccc(N4CCC(C[C@@H](O)CNC(=O)c5ccccc5O)CC4)nc3)c3c(C#N)cnn3c2)cn1. The number of fused-ring (bicyclic) bond motifs is 1. The number of hydrogen-bond donors (Lipinski definition) is 3. The first kappa shape index (κ1) is 27.9. The van der Waals surface area contributed by atoms with Crippen molar-refractivity contribution < 1.29 is 15.0 Å². The van der Waals surface area contributed by atoms with Gasteiger partial charge in [-0.2, -0.15) is 15.5 Å². The number of nitrogens with one attached hydrogen (secondary N) is 1. The molecule has 1 atom stereocenters. The van der Waals surface area contributed by atoms with Crippen LogP contribution in [0.2, 0.25) is 0 Å². The van der Waals surface area contributed by atoms with Crippen LogP contribution in [-0.4, -0.2) is 66.2 Å². The Morgan fingerprint density at radius 1 is 1.07 bits per heavy atom. The predicted molar refractivity (Wildman–Crippen MR) is 161 cm³/mol. The smallest absolute Gasteiger partial charge is 0.255 e. The lowest BCUT2D eigenvalue weighted by Gasteiger charge is -2.33. The van der Waals surface area contributed by atoms with Crippen molar-refractivity contribution >= 4 is 17.2 Å². The summed E-state index contributed by atoms with van der Waals surface area (Å²) in [7, 11) is 1.87. The normalized spacial score (nSPS) is 14.5. The molecule has 218 valence electrons. The van der Waals surface area contributed by atoms with Crippen molar-refractivity contribution in [2.24, 2.45) is 13.0 Å². The number of para-hydroxylation sites is 1. The highest BCUT2D eigenvalue weighted by atomic mass is 16.3. The molecule has 1 saturated heterocycles. The molecule has 0 saturated carbocycles. The fourth-order valence-corrected chi connectivity index (χ4v) is 5.72. The van der Waals surface area contributed by atoms with Crippen LogP contribution in [0.25, 0.3) is 27.8 Å². The van der Waals surface area contributed by atoms with Gasteiger partial charge in [0.1, 0.15) is 17.6 Å². The molecule has 0 radical (unpaired) electrons. The Morgan fingerprint density at radius 3 is 2.58 bits per heavy atom. The highest BCUT2D eigenvalue weighted by Gasteiger charge is 2.23. The first-order valence-electron chi connectivity index (χ1n) is 14.3. The van der Waals surface area contributed by atoms with Crippen LogP contribution in [0, 0.1) is 17.2 Å². The average Bonchev–Trinajstić information content (AvgIpc) is 3.66. The molecule has 0 aliphatic carbocycles. The summed E-state index contributed by atoms with van der Waals surface area (Å²) in [5, 5.41) is 41.5. The molecule has 3 N–H and O–H groups in total. The second kappa shape index (κ2) is 12.0. The van der Waals surface area contributed by atoms with Gasteiger partial charge in [0.25, 0.3) is 5.91 Å². The zero-order valence-corrected chi connectivity index (χ0v) is 23.8. The molecule has 1 aromatic carbocycles. The summed E-state index contributed by atoms with van der Waals surface area (Å²) in [5.41, 5.74) is 5.09. The summed E-state index contributed by atoms with van der Waals surface area (Å²) < 4.78 is 3.49. The molecule has 1 aliphatic rings. The molecular weight excluding hydrogens is 544 g/mol. The number of aliphatic hydroxyl groups is 1. The second-order valence-electron chi connectivity index (χ2n) is 11.0. The number of aryl methyl sites for hydroxylation is 1. The first-order valence-corrected chi connectivity index (χ1v) is 14.3. The van der Waals surface area contributed by atoms with Crippen LogP contribution in [0.4, 0.5) is 5.82 Å². The van der Waals surface area contributed by atoms with Crippen molar-refractivity contribution in [2.45, 2.75) is 25.4 Å². The summed E-state index contributed by atoms with van der Waals surface area (Å²) in [6, 6.07) is 14.7. The van der Waals surface area contributed by atoms with Gasteiger partial charge < -0.3 is 20.4 Å².